The zero-order valence-electron chi connectivity index (χ0n) is 16.1. The minimum absolute atomic E-state index is 0.143. The van der Waals surface area contributed by atoms with Gasteiger partial charge in [-0.3, -0.25) is 4.79 Å². The minimum Gasteiger partial charge on any atom is -0.421 e. The molecule has 178 valence electrons. The second kappa shape index (κ2) is 6.56. The van der Waals surface area contributed by atoms with E-state index in [0.29, 0.717) is 18.3 Å². The first-order chi connectivity index (χ1) is 15.7. The number of benzene rings is 2. The number of fused-ring (bicyclic) bond motifs is 2. The Balaban J connectivity index is 1.78. The van der Waals surface area contributed by atoms with Crippen molar-refractivity contribution in [3.63, 3.8) is 0 Å². The summed E-state index contributed by atoms with van der Waals surface area (Å²) >= 11 is 5.90. The highest BCUT2D eigenvalue weighted by molar-refractivity contribution is 7.91. The summed E-state index contributed by atoms with van der Waals surface area (Å²) in [5.41, 5.74) is -4.03. The molecular weight excluding hydrogens is 515 g/mol. The van der Waals surface area contributed by atoms with Crippen molar-refractivity contribution in [2.24, 2.45) is 0 Å². The SMILES string of the molecule is O=c1[nH]c2c(S(=O)(=O)c3cc(F)c4cnn(C5C(F)(F)C5(F)F)c4c3)ccc(Cl)c2c(=O)n1O. The van der Waals surface area contributed by atoms with Crippen LogP contribution < -0.4 is 11.2 Å². The first-order valence-corrected chi connectivity index (χ1v) is 10.9. The van der Waals surface area contributed by atoms with Crippen LogP contribution in [0.15, 0.2) is 49.8 Å². The lowest BCUT2D eigenvalue weighted by Gasteiger charge is -2.10. The second-order valence-corrected chi connectivity index (χ2v) is 9.75. The number of rotatable bonds is 3. The van der Waals surface area contributed by atoms with Gasteiger partial charge in [0.05, 0.1) is 42.8 Å². The molecule has 1 saturated carbocycles. The van der Waals surface area contributed by atoms with E-state index in [-0.39, 0.29) is 14.4 Å². The monoisotopic (exact) mass is 522 g/mol. The Morgan fingerprint density at radius 3 is 2.38 bits per heavy atom. The van der Waals surface area contributed by atoms with Crippen LogP contribution in [0.3, 0.4) is 0 Å². The smallest absolute Gasteiger partial charge is 0.362 e. The normalized spacial score (nSPS) is 17.5. The van der Waals surface area contributed by atoms with Gasteiger partial charge in [0.15, 0.2) is 6.04 Å². The number of halogens is 6. The molecule has 0 aliphatic heterocycles. The van der Waals surface area contributed by atoms with Gasteiger partial charge in [-0.2, -0.15) is 22.7 Å². The molecular formula is C18H8ClF5N4O5S. The summed E-state index contributed by atoms with van der Waals surface area (Å²) in [6.07, 6.45) is 0.699. The molecule has 1 fully saturated rings. The molecule has 1 aliphatic rings. The zero-order valence-corrected chi connectivity index (χ0v) is 17.6. The van der Waals surface area contributed by atoms with Gasteiger partial charge in [0.25, 0.3) is 5.56 Å². The molecule has 0 unspecified atom stereocenters. The molecule has 0 spiro atoms. The molecule has 2 aromatic carbocycles. The third-order valence-corrected chi connectivity index (χ3v) is 7.57. The molecule has 4 aromatic rings. The molecule has 16 heteroatoms. The zero-order chi connectivity index (χ0) is 25.0. The molecule has 2 aromatic heterocycles. The van der Waals surface area contributed by atoms with Gasteiger partial charge < -0.3 is 10.2 Å². The van der Waals surface area contributed by atoms with Crippen LogP contribution in [0.4, 0.5) is 22.0 Å². The standard InChI is InChI=1S/C18H8ClF5N4O5S/c19-8-1-2-11(13-12(8)14(29)28(31)16(30)26-13)34(32,33)6-3-9(20)7-5-25-27(10(7)4-6)15-17(21,22)18(15,23)24/h1-5,15,31H,(H,26,30). The van der Waals surface area contributed by atoms with E-state index in [4.69, 9.17) is 11.6 Å². The van der Waals surface area contributed by atoms with Crippen LogP contribution in [-0.4, -0.2) is 45.0 Å². The average Bonchev–Trinajstić information content (AvgIpc) is 3.02. The maximum absolute atomic E-state index is 14.7. The van der Waals surface area contributed by atoms with Crippen molar-refractivity contribution >= 4 is 43.2 Å². The number of alkyl halides is 4. The predicted molar refractivity (Wildman–Crippen MR) is 105 cm³/mol. The van der Waals surface area contributed by atoms with E-state index >= 15 is 0 Å². The molecule has 0 bridgehead atoms. The summed E-state index contributed by atoms with van der Waals surface area (Å²) in [7, 11) is -4.81. The maximum Gasteiger partial charge on any atom is 0.362 e. The average molecular weight is 523 g/mol. The highest BCUT2D eigenvalue weighted by Gasteiger charge is 2.87. The fraction of sp³-hybridized carbons (Fsp3) is 0.167. The Morgan fingerprint density at radius 2 is 1.76 bits per heavy atom. The highest BCUT2D eigenvalue weighted by atomic mass is 35.5. The van der Waals surface area contributed by atoms with Crippen molar-refractivity contribution in [2.45, 2.75) is 27.7 Å². The van der Waals surface area contributed by atoms with E-state index in [9.17, 15) is 45.2 Å². The van der Waals surface area contributed by atoms with E-state index < -0.39 is 76.4 Å². The molecule has 0 atom stereocenters. The van der Waals surface area contributed by atoms with Gasteiger partial charge in [-0.05, 0) is 24.3 Å². The van der Waals surface area contributed by atoms with Crippen LogP contribution in [0.5, 0.6) is 0 Å². The van der Waals surface area contributed by atoms with E-state index in [0.717, 1.165) is 12.1 Å². The molecule has 5 rings (SSSR count). The van der Waals surface area contributed by atoms with Crippen LogP contribution in [0.25, 0.3) is 21.8 Å². The first kappa shape index (κ1) is 22.3. The summed E-state index contributed by atoms with van der Waals surface area (Å²) in [5.74, 6) is -10.2. The molecule has 0 radical (unpaired) electrons. The van der Waals surface area contributed by atoms with Gasteiger partial charge in [-0.15, -0.1) is 0 Å². The summed E-state index contributed by atoms with van der Waals surface area (Å²) in [5, 5.41) is 11.5. The fourth-order valence-electron chi connectivity index (χ4n) is 3.67. The Bertz CT molecular complexity index is 1770. The minimum atomic E-state index is -4.81. The van der Waals surface area contributed by atoms with Crippen LogP contribution >= 0.6 is 11.6 Å². The van der Waals surface area contributed by atoms with Gasteiger partial charge in [-0.1, -0.05) is 16.3 Å². The highest BCUT2D eigenvalue weighted by Crippen LogP contribution is 2.66. The first-order valence-electron chi connectivity index (χ1n) is 9.05. The van der Waals surface area contributed by atoms with Gasteiger partial charge in [0.1, 0.15) is 5.82 Å². The summed E-state index contributed by atoms with van der Waals surface area (Å²) in [6.45, 7) is 0. The van der Waals surface area contributed by atoms with E-state index in [1.165, 1.54) is 0 Å². The lowest BCUT2D eigenvalue weighted by atomic mass is 10.2. The third kappa shape index (κ3) is 2.70. The molecule has 2 heterocycles. The topological polar surface area (TPSA) is 127 Å². The lowest BCUT2D eigenvalue weighted by molar-refractivity contribution is -0.0278. The number of aromatic nitrogens is 4. The Morgan fingerprint density at radius 1 is 1.12 bits per heavy atom. The Kier molecular flexibility index (Phi) is 4.31. The summed E-state index contributed by atoms with van der Waals surface area (Å²) in [6, 6.07) is 0.252. The van der Waals surface area contributed by atoms with Crippen molar-refractivity contribution in [1.82, 2.24) is 19.5 Å². The number of sulfone groups is 1. The largest absolute Gasteiger partial charge is 0.421 e. The molecule has 0 saturated heterocycles. The number of H-pyrrole nitrogens is 1. The van der Waals surface area contributed by atoms with E-state index in [1.54, 1.807) is 0 Å². The van der Waals surface area contributed by atoms with Gasteiger partial charge in [-0.25, -0.2) is 22.3 Å². The van der Waals surface area contributed by atoms with Crippen molar-refractivity contribution < 1.29 is 35.6 Å². The third-order valence-electron chi connectivity index (χ3n) is 5.48. The summed E-state index contributed by atoms with van der Waals surface area (Å²) in [4.78, 5) is 24.4. The molecule has 34 heavy (non-hydrogen) atoms. The molecule has 0 amide bonds. The van der Waals surface area contributed by atoms with Crippen LogP contribution in [0.2, 0.25) is 5.02 Å². The molecule has 9 nitrogen and oxygen atoms in total. The van der Waals surface area contributed by atoms with Crippen LogP contribution in [0, 0.1) is 5.82 Å². The van der Waals surface area contributed by atoms with Gasteiger partial charge in [0, 0.05) is 0 Å². The van der Waals surface area contributed by atoms with Crippen LogP contribution in [-0.2, 0) is 9.84 Å². The molecule has 1 aliphatic carbocycles. The lowest BCUT2D eigenvalue weighted by Crippen LogP contribution is -2.33. The van der Waals surface area contributed by atoms with Crippen molar-refractivity contribution in [3.8, 4) is 0 Å². The van der Waals surface area contributed by atoms with Crippen molar-refractivity contribution in [1.29, 1.82) is 0 Å². The van der Waals surface area contributed by atoms with Crippen molar-refractivity contribution in [2.75, 3.05) is 0 Å². The van der Waals surface area contributed by atoms with Gasteiger partial charge in [0.2, 0.25) is 9.84 Å². The number of nitrogens with zero attached hydrogens (tertiary/aromatic N) is 3. The number of aromatic amines is 1. The predicted octanol–water partition coefficient (Wildman–Crippen LogP) is 2.73. The fourth-order valence-corrected chi connectivity index (χ4v) is 5.36. The Labute approximate surface area is 188 Å². The van der Waals surface area contributed by atoms with E-state index in [2.05, 4.69) is 5.10 Å². The van der Waals surface area contributed by atoms with Crippen molar-refractivity contribution in [3.05, 3.63) is 62.1 Å². The summed E-state index contributed by atoms with van der Waals surface area (Å²) < 4.78 is 95.3. The second-order valence-electron chi connectivity index (χ2n) is 7.42. The number of hydrogen-bond donors (Lipinski definition) is 2. The quantitative estimate of drug-likeness (QED) is 0.315. The maximum atomic E-state index is 14.7. The van der Waals surface area contributed by atoms with Gasteiger partial charge >= 0.3 is 17.5 Å². The number of nitrogens with one attached hydrogen (secondary N) is 1. The Hall–Kier alpha value is -3.46. The molecule has 2 N–H and O–H groups in total. The van der Waals surface area contributed by atoms with Crippen LogP contribution in [0.1, 0.15) is 6.04 Å². The van der Waals surface area contributed by atoms with E-state index in [1.807, 2.05) is 4.98 Å². The number of hydrogen-bond acceptors (Lipinski definition) is 6.